The standard InChI is InChI=1S/C22H25N3O3S/c1-13-7-6-8-14(11-13)25-21(29)23-19-16-12-15(27-5)9-10-17(16)28-22(25,2)18(19)20(26)24(3)4/h6-12,18-19H,1-5H3,(H,23,29)/t18-,19-,22+/m1/s1. The highest BCUT2D eigenvalue weighted by atomic mass is 32.1. The molecule has 1 saturated heterocycles. The summed E-state index contributed by atoms with van der Waals surface area (Å²) >= 11 is 5.75. The number of carbonyl (C=O) groups is 1. The molecule has 3 atom stereocenters. The second-order valence-corrected chi connectivity index (χ2v) is 8.26. The molecule has 1 amide bonds. The molecule has 29 heavy (non-hydrogen) atoms. The van der Waals surface area contributed by atoms with Gasteiger partial charge in [0.15, 0.2) is 10.8 Å². The number of hydrogen-bond acceptors (Lipinski definition) is 4. The molecule has 152 valence electrons. The molecule has 0 saturated carbocycles. The Labute approximate surface area is 176 Å². The molecule has 6 nitrogen and oxygen atoms in total. The number of methoxy groups -OCH3 is 1. The van der Waals surface area contributed by atoms with Gasteiger partial charge in [0.25, 0.3) is 0 Å². The Balaban J connectivity index is 1.92. The van der Waals surface area contributed by atoms with Gasteiger partial charge in [-0.3, -0.25) is 9.69 Å². The number of hydrogen-bond donors (Lipinski definition) is 1. The summed E-state index contributed by atoms with van der Waals surface area (Å²) in [6.07, 6.45) is 0. The maximum atomic E-state index is 13.3. The predicted octanol–water partition coefficient (Wildman–Crippen LogP) is 3.25. The lowest BCUT2D eigenvalue weighted by atomic mass is 9.78. The molecule has 0 spiro atoms. The van der Waals surface area contributed by atoms with Crippen LogP contribution in [0.4, 0.5) is 5.69 Å². The molecule has 0 radical (unpaired) electrons. The van der Waals surface area contributed by atoms with Crippen molar-refractivity contribution in [3.05, 3.63) is 53.6 Å². The van der Waals surface area contributed by atoms with Gasteiger partial charge < -0.3 is 19.7 Å². The highest BCUT2D eigenvalue weighted by Gasteiger charge is 2.59. The summed E-state index contributed by atoms with van der Waals surface area (Å²) in [5.74, 6) is 0.887. The summed E-state index contributed by atoms with van der Waals surface area (Å²) in [6.45, 7) is 3.97. The zero-order chi connectivity index (χ0) is 20.9. The van der Waals surface area contributed by atoms with Crippen LogP contribution in [-0.2, 0) is 4.79 Å². The van der Waals surface area contributed by atoms with Crippen molar-refractivity contribution < 1.29 is 14.3 Å². The number of nitrogens with zero attached hydrogens (tertiary/aromatic N) is 2. The van der Waals surface area contributed by atoms with E-state index >= 15 is 0 Å². The first-order valence-corrected chi connectivity index (χ1v) is 9.92. The quantitative estimate of drug-likeness (QED) is 0.783. The Kier molecular flexibility index (Phi) is 4.65. The molecule has 2 aliphatic heterocycles. The van der Waals surface area contributed by atoms with Gasteiger partial charge in [-0.2, -0.15) is 0 Å². The molecular weight excluding hydrogens is 386 g/mol. The Hall–Kier alpha value is -2.80. The number of nitrogens with one attached hydrogen (secondary N) is 1. The van der Waals surface area contributed by atoms with Gasteiger partial charge in [0.1, 0.15) is 17.4 Å². The molecule has 2 heterocycles. The lowest BCUT2D eigenvalue weighted by Gasteiger charge is -2.56. The first-order chi connectivity index (χ1) is 13.8. The van der Waals surface area contributed by atoms with Crippen molar-refractivity contribution in [3.8, 4) is 11.5 Å². The Morgan fingerprint density at radius 1 is 1.28 bits per heavy atom. The largest absolute Gasteiger partial charge is 0.497 e. The van der Waals surface area contributed by atoms with Crippen LogP contribution in [0.15, 0.2) is 42.5 Å². The van der Waals surface area contributed by atoms with Gasteiger partial charge in [0.05, 0.1) is 13.2 Å². The summed E-state index contributed by atoms with van der Waals surface area (Å²) < 4.78 is 11.9. The molecule has 7 heteroatoms. The smallest absolute Gasteiger partial charge is 0.233 e. The van der Waals surface area contributed by atoms with E-state index in [0.717, 1.165) is 16.8 Å². The minimum atomic E-state index is -0.982. The van der Waals surface area contributed by atoms with E-state index in [1.165, 1.54) is 0 Å². The minimum Gasteiger partial charge on any atom is -0.497 e. The molecule has 0 aliphatic carbocycles. The second-order valence-electron chi connectivity index (χ2n) is 7.87. The van der Waals surface area contributed by atoms with Crippen LogP contribution in [0, 0.1) is 12.8 Å². The Morgan fingerprint density at radius 2 is 2.03 bits per heavy atom. The number of benzene rings is 2. The van der Waals surface area contributed by atoms with Crippen LogP contribution in [0.5, 0.6) is 11.5 Å². The molecule has 0 aromatic heterocycles. The summed E-state index contributed by atoms with van der Waals surface area (Å²) in [5.41, 5.74) is 1.88. The first kappa shape index (κ1) is 19.5. The summed E-state index contributed by atoms with van der Waals surface area (Å²) in [5, 5.41) is 3.94. The van der Waals surface area contributed by atoms with Crippen molar-refractivity contribution in [3.63, 3.8) is 0 Å². The van der Waals surface area contributed by atoms with Crippen molar-refractivity contribution in [1.82, 2.24) is 10.2 Å². The van der Waals surface area contributed by atoms with Crippen LogP contribution in [-0.4, -0.2) is 42.8 Å². The third-order valence-electron chi connectivity index (χ3n) is 5.67. The number of amides is 1. The Morgan fingerprint density at radius 3 is 2.69 bits per heavy atom. The van der Waals surface area contributed by atoms with Gasteiger partial charge >= 0.3 is 0 Å². The average Bonchev–Trinajstić information content (AvgIpc) is 2.66. The van der Waals surface area contributed by atoms with Crippen LogP contribution in [0.2, 0.25) is 0 Å². The van der Waals surface area contributed by atoms with Crippen molar-refractivity contribution in [2.24, 2.45) is 5.92 Å². The van der Waals surface area contributed by atoms with E-state index in [1.807, 2.05) is 61.2 Å². The highest BCUT2D eigenvalue weighted by molar-refractivity contribution is 7.80. The van der Waals surface area contributed by atoms with Gasteiger partial charge in [-0.15, -0.1) is 0 Å². The molecule has 1 N–H and O–H groups in total. The fourth-order valence-electron chi connectivity index (χ4n) is 4.30. The molecular formula is C22H25N3O3S. The molecule has 2 aromatic rings. The molecule has 2 aromatic carbocycles. The third kappa shape index (κ3) is 3.00. The van der Waals surface area contributed by atoms with E-state index in [4.69, 9.17) is 21.7 Å². The number of fused-ring (bicyclic) bond motifs is 4. The SMILES string of the molecule is COc1ccc2c(c1)[C@H]1NC(=S)N(c3cccc(C)c3)[C@@](C)(O2)[C@H]1C(=O)N(C)C. The molecule has 0 unspecified atom stereocenters. The van der Waals surface area contributed by atoms with Crippen molar-refractivity contribution in [1.29, 1.82) is 0 Å². The molecule has 1 fully saturated rings. The third-order valence-corrected chi connectivity index (χ3v) is 5.97. The number of thiocarbonyl (C=S) groups is 1. The summed E-state index contributed by atoms with van der Waals surface area (Å²) in [4.78, 5) is 16.9. The van der Waals surface area contributed by atoms with E-state index in [0.29, 0.717) is 16.6 Å². The first-order valence-electron chi connectivity index (χ1n) is 9.52. The summed E-state index contributed by atoms with van der Waals surface area (Å²) in [6, 6.07) is 13.4. The number of aryl methyl sites for hydroxylation is 1. The van der Waals surface area contributed by atoms with Crippen LogP contribution < -0.4 is 19.7 Å². The maximum absolute atomic E-state index is 13.3. The Bertz CT molecular complexity index is 993. The molecule has 4 rings (SSSR count). The zero-order valence-corrected chi connectivity index (χ0v) is 18.0. The highest BCUT2D eigenvalue weighted by Crippen LogP contribution is 2.50. The van der Waals surface area contributed by atoms with Crippen LogP contribution in [0.25, 0.3) is 0 Å². The van der Waals surface area contributed by atoms with Gasteiger partial charge in [0.2, 0.25) is 5.91 Å². The second kappa shape index (κ2) is 6.91. The van der Waals surface area contributed by atoms with Gasteiger partial charge in [0, 0.05) is 25.3 Å². The number of anilines is 1. The zero-order valence-electron chi connectivity index (χ0n) is 17.2. The molecule has 2 bridgehead atoms. The monoisotopic (exact) mass is 411 g/mol. The number of rotatable bonds is 3. The fourth-order valence-corrected chi connectivity index (χ4v) is 4.71. The number of ether oxygens (including phenoxy) is 2. The lowest BCUT2D eigenvalue weighted by molar-refractivity contribution is -0.144. The fraction of sp³-hybridized carbons (Fsp3) is 0.364. The predicted molar refractivity (Wildman–Crippen MR) is 116 cm³/mol. The minimum absolute atomic E-state index is 0.0291. The van der Waals surface area contributed by atoms with Crippen molar-refractivity contribution >= 4 is 28.9 Å². The molecule has 2 aliphatic rings. The van der Waals surface area contributed by atoms with E-state index in [2.05, 4.69) is 5.32 Å². The van der Waals surface area contributed by atoms with Gasteiger partial charge in [-0.1, -0.05) is 12.1 Å². The van der Waals surface area contributed by atoms with Crippen LogP contribution >= 0.6 is 12.2 Å². The normalized spacial score (nSPS) is 24.9. The van der Waals surface area contributed by atoms with E-state index in [1.54, 1.807) is 26.1 Å². The van der Waals surface area contributed by atoms with Crippen LogP contribution in [0.3, 0.4) is 0 Å². The maximum Gasteiger partial charge on any atom is 0.233 e. The van der Waals surface area contributed by atoms with Crippen LogP contribution in [0.1, 0.15) is 24.1 Å². The van der Waals surface area contributed by atoms with Crippen molar-refractivity contribution in [2.75, 3.05) is 26.1 Å². The van der Waals surface area contributed by atoms with Gasteiger partial charge in [-0.25, -0.2) is 0 Å². The summed E-state index contributed by atoms with van der Waals surface area (Å²) in [7, 11) is 5.14. The van der Waals surface area contributed by atoms with E-state index < -0.39 is 11.6 Å². The van der Waals surface area contributed by atoms with Crippen molar-refractivity contribution in [2.45, 2.75) is 25.6 Å². The van der Waals surface area contributed by atoms with Gasteiger partial charge in [-0.05, 0) is 62.0 Å². The lowest BCUT2D eigenvalue weighted by Crippen LogP contribution is -2.72. The average molecular weight is 412 g/mol. The van der Waals surface area contributed by atoms with E-state index in [9.17, 15) is 4.79 Å². The van der Waals surface area contributed by atoms with E-state index in [-0.39, 0.29) is 11.9 Å². The topological polar surface area (TPSA) is 54.0 Å². The number of carbonyl (C=O) groups excluding carboxylic acids is 1.